The van der Waals surface area contributed by atoms with Crippen LogP contribution in [-0.4, -0.2) is 22.7 Å². The molecule has 1 unspecified atom stereocenters. The first kappa shape index (κ1) is 13.3. The van der Waals surface area contributed by atoms with E-state index in [9.17, 15) is 5.11 Å². The maximum absolute atomic E-state index is 9.77. The van der Waals surface area contributed by atoms with Gasteiger partial charge in [0.2, 0.25) is 0 Å². The van der Waals surface area contributed by atoms with E-state index in [1.54, 1.807) is 6.07 Å². The summed E-state index contributed by atoms with van der Waals surface area (Å²) in [5.74, 6) is 0. The Labute approximate surface area is 112 Å². The predicted molar refractivity (Wildman–Crippen MR) is 75.9 cm³/mol. The molecule has 2 N–H and O–H groups in total. The smallest absolute Gasteiger partial charge is 0.143 e. The maximum atomic E-state index is 9.77. The summed E-state index contributed by atoms with van der Waals surface area (Å²) in [6.07, 6.45) is 1.34. The van der Waals surface area contributed by atoms with Crippen LogP contribution in [0.25, 0.3) is 10.9 Å². The summed E-state index contributed by atoms with van der Waals surface area (Å²) >= 11 is 0. The molecule has 0 saturated carbocycles. The van der Waals surface area contributed by atoms with Crippen LogP contribution in [0.3, 0.4) is 0 Å². The second kappa shape index (κ2) is 6.17. The number of hydrogen-bond donors (Lipinski definition) is 2. The summed E-state index contributed by atoms with van der Waals surface area (Å²) in [5.41, 5.74) is 2.01. The first-order chi connectivity index (χ1) is 9.24. The van der Waals surface area contributed by atoms with Gasteiger partial charge in [-0.3, -0.25) is 0 Å². The van der Waals surface area contributed by atoms with Crippen molar-refractivity contribution in [1.82, 2.24) is 4.98 Å². The Hall–Kier alpha value is -2.12. The number of hydrogen-bond acceptors (Lipinski definition) is 4. The number of benzene rings is 1. The number of nitriles is 1. The van der Waals surface area contributed by atoms with E-state index in [1.807, 2.05) is 31.2 Å². The molecular weight excluding hydrogens is 238 g/mol. The second-order valence-electron chi connectivity index (χ2n) is 4.51. The lowest BCUT2D eigenvalue weighted by atomic mass is 10.1. The van der Waals surface area contributed by atoms with Crippen LogP contribution in [0.4, 0.5) is 5.69 Å². The Kier molecular flexibility index (Phi) is 4.32. The molecule has 98 valence electrons. The number of anilines is 1. The van der Waals surface area contributed by atoms with Gasteiger partial charge in [-0.25, -0.2) is 4.98 Å². The number of nitrogens with zero attached hydrogens (tertiary/aromatic N) is 2. The largest absolute Gasteiger partial charge is 0.391 e. The van der Waals surface area contributed by atoms with Crippen molar-refractivity contribution in [3.05, 3.63) is 36.0 Å². The molecule has 1 heterocycles. The zero-order valence-electron chi connectivity index (χ0n) is 10.9. The predicted octanol–water partition coefficient (Wildman–Crippen LogP) is 2.68. The van der Waals surface area contributed by atoms with Gasteiger partial charge in [0.1, 0.15) is 11.8 Å². The van der Waals surface area contributed by atoms with E-state index in [0.717, 1.165) is 29.4 Å². The highest BCUT2D eigenvalue weighted by Gasteiger charge is 2.07. The van der Waals surface area contributed by atoms with Gasteiger partial charge in [-0.1, -0.05) is 31.5 Å². The average Bonchev–Trinajstić information content (AvgIpc) is 2.44. The maximum Gasteiger partial charge on any atom is 0.143 e. The number of aliphatic hydroxyl groups excluding tert-OH is 1. The average molecular weight is 255 g/mol. The highest BCUT2D eigenvalue weighted by atomic mass is 16.3. The topological polar surface area (TPSA) is 68.9 Å². The molecule has 0 saturated heterocycles. The summed E-state index contributed by atoms with van der Waals surface area (Å²) in [4.78, 5) is 4.25. The van der Waals surface area contributed by atoms with Gasteiger partial charge in [-0.15, -0.1) is 0 Å². The third-order valence-corrected chi connectivity index (χ3v) is 2.98. The van der Waals surface area contributed by atoms with E-state index in [0.29, 0.717) is 12.2 Å². The zero-order valence-corrected chi connectivity index (χ0v) is 10.9. The van der Waals surface area contributed by atoms with Crippen LogP contribution < -0.4 is 5.32 Å². The van der Waals surface area contributed by atoms with Crippen molar-refractivity contribution in [3.63, 3.8) is 0 Å². The van der Waals surface area contributed by atoms with Crippen molar-refractivity contribution in [3.8, 4) is 6.07 Å². The first-order valence-corrected chi connectivity index (χ1v) is 6.46. The van der Waals surface area contributed by atoms with Gasteiger partial charge < -0.3 is 10.4 Å². The molecule has 0 spiro atoms. The minimum atomic E-state index is -0.373. The van der Waals surface area contributed by atoms with E-state index in [2.05, 4.69) is 16.4 Å². The lowest BCUT2D eigenvalue weighted by Gasteiger charge is -2.13. The Bertz CT molecular complexity index is 604. The number of para-hydroxylation sites is 1. The molecule has 4 heteroatoms. The van der Waals surface area contributed by atoms with Crippen molar-refractivity contribution in [1.29, 1.82) is 5.26 Å². The van der Waals surface area contributed by atoms with E-state index in [1.165, 1.54) is 0 Å². The molecule has 0 radical (unpaired) electrons. The fraction of sp³-hybridized carbons (Fsp3) is 0.333. The van der Waals surface area contributed by atoms with Crippen molar-refractivity contribution in [2.75, 3.05) is 11.9 Å². The fourth-order valence-corrected chi connectivity index (χ4v) is 2.04. The quantitative estimate of drug-likeness (QED) is 0.861. The number of rotatable bonds is 5. The minimum Gasteiger partial charge on any atom is -0.391 e. The molecule has 0 aliphatic rings. The molecule has 0 fully saturated rings. The molecule has 19 heavy (non-hydrogen) atoms. The summed E-state index contributed by atoms with van der Waals surface area (Å²) in [6.45, 7) is 2.52. The summed E-state index contributed by atoms with van der Waals surface area (Å²) in [6, 6.07) is 11.4. The summed E-state index contributed by atoms with van der Waals surface area (Å²) in [5, 5.41) is 22.9. The van der Waals surface area contributed by atoms with Crippen LogP contribution in [-0.2, 0) is 0 Å². The highest BCUT2D eigenvalue weighted by molar-refractivity contribution is 5.91. The third-order valence-electron chi connectivity index (χ3n) is 2.98. The molecule has 0 bridgehead atoms. The van der Waals surface area contributed by atoms with Crippen molar-refractivity contribution in [2.45, 2.75) is 25.9 Å². The SMILES string of the molecule is CCCC(O)CNc1cc(C#N)nc2ccccc12. The van der Waals surface area contributed by atoms with Gasteiger partial charge in [0.05, 0.1) is 11.6 Å². The third kappa shape index (κ3) is 3.21. The van der Waals surface area contributed by atoms with E-state index in [4.69, 9.17) is 5.26 Å². The summed E-state index contributed by atoms with van der Waals surface area (Å²) < 4.78 is 0. The summed E-state index contributed by atoms with van der Waals surface area (Å²) in [7, 11) is 0. The van der Waals surface area contributed by atoms with E-state index < -0.39 is 0 Å². The van der Waals surface area contributed by atoms with Crippen molar-refractivity contribution >= 4 is 16.6 Å². The number of aromatic nitrogens is 1. The molecule has 2 aromatic rings. The normalized spacial score (nSPS) is 12.1. The molecule has 0 aliphatic carbocycles. The second-order valence-corrected chi connectivity index (χ2v) is 4.51. The molecule has 1 atom stereocenters. The lowest BCUT2D eigenvalue weighted by molar-refractivity contribution is 0.176. The van der Waals surface area contributed by atoms with E-state index in [-0.39, 0.29) is 6.10 Å². The molecule has 4 nitrogen and oxygen atoms in total. The number of aliphatic hydroxyl groups is 1. The van der Waals surface area contributed by atoms with Crippen LogP contribution in [0, 0.1) is 11.3 Å². The van der Waals surface area contributed by atoms with Gasteiger partial charge in [0.25, 0.3) is 0 Å². The fourth-order valence-electron chi connectivity index (χ4n) is 2.04. The Morgan fingerprint density at radius 2 is 2.21 bits per heavy atom. The van der Waals surface area contributed by atoms with Crippen molar-refractivity contribution in [2.24, 2.45) is 0 Å². The minimum absolute atomic E-state index is 0.373. The molecule has 1 aromatic heterocycles. The Balaban J connectivity index is 2.28. The van der Waals surface area contributed by atoms with E-state index >= 15 is 0 Å². The van der Waals surface area contributed by atoms with Gasteiger partial charge in [-0.2, -0.15) is 5.26 Å². The molecule has 0 amide bonds. The van der Waals surface area contributed by atoms with Crippen LogP contribution in [0.15, 0.2) is 30.3 Å². The number of fused-ring (bicyclic) bond motifs is 1. The van der Waals surface area contributed by atoms with Crippen LogP contribution in [0.2, 0.25) is 0 Å². The van der Waals surface area contributed by atoms with Crippen LogP contribution in [0.1, 0.15) is 25.5 Å². The van der Waals surface area contributed by atoms with Crippen LogP contribution >= 0.6 is 0 Å². The first-order valence-electron chi connectivity index (χ1n) is 6.46. The highest BCUT2D eigenvalue weighted by Crippen LogP contribution is 2.22. The molecule has 2 rings (SSSR count). The molecule has 1 aromatic carbocycles. The van der Waals surface area contributed by atoms with Crippen LogP contribution in [0.5, 0.6) is 0 Å². The molecular formula is C15H17N3O. The number of nitrogens with one attached hydrogen (secondary N) is 1. The monoisotopic (exact) mass is 255 g/mol. The van der Waals surface area contributed by atoms with Crippen molar-refractivity contribution < 1.29 is 5.11 Å². The standard InChI is InChI=1S/C15H17N3O/c1-2-5-12(19)10-17-15-8-11(9-16)18-14-7-4-3-6-13(14)15/h3-4,6-8,12,19H,2,5,10H2,1H3,(H,17,18). The van der Waals surface area contributed by atoms with Gasteiger partial charge >= 0.3 is 0 Å². The Morgan fingerprint density at radius 3 is 2.95 bits per heavy atom. The van der Waals surface area contributed by atoms with Gasteiger partial charge in [-0.05, 0) is 18.6 Å². The van der Waals surface area contributed by atoms with Gasteiger partial charge in [0.15, 0.2) is 0 Å². The Morgan fingerprint density at radius 1 is 1.42 bits per heavy atom. The zero-order chi connectivity index (χ0) is 13.7. The molecule has 0 aliphatic heterocycles. The van der Waals surface area contributed by atoms with Gasteiger partial charge in [0, 0.05) is 17.6 Å². The lowest BCUT2D eigenvalue weighted by Crippen LogP contribution is -2.19. The number of pyridine rings is 1.